The second-order valence-electron chi connectivity index (χ2n) is 6.38. The molecule has 0 spiro atoms. The normalized spacial score (nSPS) is 23.2. The van der Waals surface area contributed by atoms with E-state index in [0.29, 0.717) is 6.04 Å². The minimum atomic E-state index is 0.650. The van der Waals surface area contributed by atoms with Crippen molar-refractivity contribution in [1.82, 2.24) is 10.2 Å². The molecule has 1 saturated heterocycles. The lowest BCUT2D eigenvalue weighted by molar-refractivity contribution is 0.146. The van der Waals surface area contributed by atoms with Crippen LogP contribution >= 0.6 is 11.8 Å². The Morgan fingerprint density at radius 1 is 1.19 bits per heavy atom. The fourth-order valence-corrected chi connectivity index (χ4v) is 4.87. The van der Waals surface area contributed by atoms with Crippen molar-refractivity contribution >= 4 is 11.8 Å². The van der Waals surface area contributed by atoms with E-state index in [9.17, 15) is 0 Å². The second-order valence-corrected chi connectivity index (χ2v) is 7.52. The molecule has 3 heteroatoms. The Kier molecular flexibility index (Phi) is 5.61. The van der Waals surface area contributed by atoms with Gasteiger partial charge in [-0.3, -0.25) is 4.90 Å². The van der Waals surface area contributed by atoms with Gasteiger partial charge in [0.15, 0.2) is 0 Å². The van der Waals surface area contributed by atoms with Crippen LogP contribution in [0.3, 0.4) is 0 Å². The molecule has 0 aromatic heterocycles. The first-order valence-corrected chi connectivity index (χ1v) is 9.53. The molecule has 1 unspecified atom stereocenters. The van der Waals surface area contributed by atoms with Crippen LogP contribution in [0.2, 0.25) is 0 Å². The van der Waals surface area contributed by atoms with Gasteiger partial charge in [-0.15, -0.1) is 11.8 Å². The van der Waals surface area contributed by atoms with E-state index < -0.39 is 0 Å². The van der Waals surface area contributed by atoms with E-state index >= 15 is 0 Å². The van der Waals surface area contributed by atoms with Crippen LogP contribution in [0.4, 0.5) is 0 Å². The topological polar surface area (TPSA) is 15.3 Å². The van der Waals surface area contributed by atoms with Gasteiger partial charge in [0.05, 0.1) is 0 Å². The quantitative estimate of drug-likeness (QED) is 0.887. The molecule has 2 aliphatic rings. The molecule has 0 radical (unpaired) electrons. The molecular weight excluding hydrogens is 276 g/mol. The standard InChI is InChI=1S/C18H28N2S/c1-2-12-20(14-15-7-10-19-11-8-15)17-9-13-21-18-6-4-3-5-16(17)18/h3-6,15,17,19H,2,7-14H2,1H3. The van der Waals surface area contributed by atoms with Gasteiger partial charge in [0.2, 0.25) is 0 Å². The fraction of sp³-hybridized carbons (Fsp3) is 0.667. The van der Waals surface area contributed by atoms with E-state index in [1.54, 1.807) is 5.56 Å². The van der Waals surface area contributed by atoms with Crippen molar-refractivity contribution in [3.8, 4) is 0 Å². The molecule has 0 bridgehead atoms. The molecular formula is C18H28N2S. The summed E-state index contributed by atoms with van der Waals surface area (Å²) in [7, 11) is 0. The summed E-state index contributed by atoms with van der Waals surface area (Å²) >= 11 is 2.04. The zero-order valence-corrected chi connectivity index (χ0v) is 14.0. The number of nitrogens with one attached hydrogen (secondary N) is 1. The molecule has 1 fully saturated rings. The van der Waals surface area contributed by atoms with Crippen molar-refractivity contribution in [3.63, 3.8) is 0 Å². The van der Waals surface area contributed by atoms with E-state index in [0.717, 1.165) is 5.92 Å². The van der Waals surface area contributed by atoms with Crippen LogP contribution < -0.4 is 5.32 Å². The summed E-state index contributed by atoms with van der Waals surface area (Å²) in [5.74, 6) is 2.16. The van der Waals surface area contributed by atoms with Crippen molar-refractivity contribution in [3.05, 3.63) is 29.8 Å². The van der Waals surface area contributed by atoms with E-state index in [-0.39, 0.29) is 0 Å². The highest BCUT2D eigenvalue weighted by molar-refractivity contribution is 7.99. The molecule has 3 rings (SSSR count). The molecule has 2 heterocycles. The number of benzene rings is 1. The van der Waals surface area contributed by atoms with Gasteiger partial charge in [0, 0.05) is 17.5 Å². The Morgan fingerprint density at radius 2 is 2.00 bits per heavy atom. The van der Waals surface area contributed by atoms with Gasteiger partial charge in [0.1, 0.15) is 0 Å². The molecule has 1 aromatic rings. The third-order valence-corrected chi connectivity index (χ3v) is 5.95. The highest BCUT2D eigenvalue weighted by Crippen LogP contribution is 2.39. The molecule has 0 aliphatic carbocycles. The summed E-state index contributed by atoms with van der Waals surface area (Å²) in [4.78, 5) is 4.30. The maximum Gasteiger partial charge on any atom is 0.0367 e. The zero-order valence-electron chi connectivity index (χ0n) is 13.2. The predicted molar refractivity (Wildman–Crippen MR) is 92.0 cm³/mol. The molecule has 2 aliphatic heterocycles. The van der Waals surface area contributed by atoms with E-state index in [1.807, 2.05) is 11.8 Å². The maximum absolute atomic E-state index is 3.49. The third-order valence-electron chi connectivity index (χ3n) is 4.83. The Labute approximate surface area is 133 Å². The number of hydrogen-bond acceptors (Lipinski definition) is 3. The molecule has 116 valence electrons. The van der Waals surface area contributed by atoms with E-state index in [4.69, 9.17) is 0 Å². The fourth-order valence-electron chi connectivity index (χ4n) is 3.76. The van der Waals surface area contributed by atoms with Gasteiger partial charge < -0.3 is 5.32 Å². The highest BCUT2D eigenvalue weighted by Gasteiger charge is 2.27. The minimum absolute atomic E-state index is 0.650. The zero-order chi connectivity index (χ0) is 14.5. The molecule has 1 aromatic carbocycles. The maximum atomic E-state index is 3.49. The molecule has 1 atom stereocenters. The molecule has 21 heavy (non-hydrogen) atoms. The predicted octanol–water partition coefficient (Wildman–Crippen LogP) is 3.94. The Hall–Kier alpha value is -0.510. The Bertz CT molecular complexity index is 443. The largest absolute Gasteiger partial charge is 0.317 e. The summed E-state index contributed by atoms with van der Waals surface area (Å²) in [6.07, 6.45) is 5.27. The minimum Gasteiger partial charge on any atom is -0.317 e. The molecule has 0 saturated carbocycles. The average molecular weight is 305 g/mol. The van der Waals surface area contributed by atoms with Crippen molar-refractivity contribution in [2.75, 3.05) is 31.9 Å². The van der Waals surface area contributed by atoms with E-state index in [2.05, 4.69) is 41.4 Å². The summed E-state index contributed by atoms with van der Waals surface area (Å²) < 4.78 is 0. The van der Waals surface area contributed by atoms with Gasteiger partial charge >= 0.3 is 0 Å². The molecule has 0 amide bonds. The SMILES string of the molecule is CCCN(CC1CCNCC1)C1CCSc2ccccc21. The summed E-state index contributed by atoms with van der Waals surface area (Å²) in [6.45, 7) is 7.27. The van der Waals surface area contributed by atoms with Gasteiger partial charge in [-0.2, -0.15) is 0 Å². The van der Waals surface area contributed by atoms with Gasteiger partial charge in [-0.1, -0.05) is 25.1 Å². The van der Waals surface area contributed by atoms with Gasteiger partial charge in [-0.25, -0.2) is 0 Å². The lowest BCUT2D eigenvalue weighted by atomic mass is 9.94. The number of hydrogen-bond donors (Lipinski definition) is 1. The average Bonchev–Trinajstić information content (AvgIpc) is 2.55. The Morgan fingerprint density at radius 3 is 2.81 bits per heavy atom. The van der Waals surface area contributed by atoms with Crippen molar-refractivity contribution in [2.24, 2.45) is 5.92 Å². The lowest BCUT2D eigenvalue weighted by Gasteiger charge is -2.38. The molecule has 1 N–H and O–H groups in total. The van der Waals surface area contributed by atoms with Crippen molar-refractivity contribution in [2.45, 2.75) is 43.5 Å². The van der Waals surface area contributed by atoms with Crippen LogP contribution in [0, 0.1) is 5.92 Å². The first-order valence-electron chi connectivity index (χ1n) is 8.55. The van der Waals surface area contributed by atoms with Crippen molar-refractivity contribution in [1.29, 1.82) is 0 Å². The van der Waals surface area contributed by atoms with Crippen LogP contribution in [-0.2, 0) is 0 Å². The van der Waals surface area contributed by atoms with Crippen LogP contribution in [0.15, 0.2) is 29.2 Å². The molecule has 2 nitrogen and oxygen atoms in total. The summed E-state index contributed by atoms with van der Waals surface area (Å²) in [6, 6.07) is 9.72. The third kappa shape index (κ3) is 3.82. The number of fused-ring (bicyclic) bond motifs is 1. The Balaban J connectivity index is 1.74. The number of nitrogens with zero attached hydrogens (tertiary/aromatic N) is 1. The van der Waals surface area contributed by atoms with E-state index in [1.165, 1.54) is 62.5 Å². The summed E-state index contributed by atoms with van der Waals surface area (Å²) in [5, 5.41) is 3.49. The van der Waals surface area contributed by atoms with Gasteiger partial charge in [0.25, 0.3) is 0 Å². The van der Waals surface area contributed by atoms with Crippen LogP contribution in [-0.4, -0.2) is 36.8 Å². The van der Waals surface area contributed by atoms with Crippen molar-refractivity contribution < 1.29 is 0 Å². The second kappa shape index (κ2) is 7.66. The van der Waals surface area contributed by atoms with Crippen LogP contribution in [0.25, 0.3) is 0 Å². The van der Waals surface area contributed by atoms with Crippen LogP contribution in [0.1, 0.15) is 44.2 Å². The first-order chi connectivity index (χ1) is 10.4. The number of thioether (sulfide) groups is 1. The number of piperidine rings is 1. The van der Waals surface area contributed by atoms with Crippen LogP contribution in [0.5, 0.6) is 0 Å². The smallest absolute Gasteiger partial charge is 0.0367 e. The first kappa shape index (κ1) is 15.4. The van der Waals surface area contributed by atoms with Gasteiger partial charge in [-0.05, 0) is 68.6 Å². The lowest BCUT2D eigenvalue weighted by Crippen LogP contribution is -2.39. The summed E-state index contributed by atoms with van der Waals surface area (Å²) in [5.41, 5.74) is 1.58. The monoisotopic (exact) mass is 304 g/mol. The number of rotatable bonds is 5. The highest BCUT2D eigenvalue weighted by atomic mass is 32.2.